The summed E-state index contributed by atoms with van der Waals surface area (Å²) >= 11 is 1.71. The number of aryl methyl sites for hydroxylation is 2. The van der Waals surface area contributed by atoms with E-state index in [9.17, 15) is 0 Å². The minimum Gasteiger partial charge on any atom is -0.287 e. The fraction of sp³-hybridized carbons (Fsp3) is 0.167. The number of hydrogen-bond donors (Lipinski definition) is 0. The highest BCUT2D eigenvalue weighted by Gasteiger charge is 2.08. The van der Waals surface area contributed by atoms with Crippen molar-refractivity contribution < 1.29 is 0 Å². The predicted molar refractivity (Wildman–Crippen MR) is 88.4 cm³/mol. The molecule has 3 rings (SSSR count). The van der Waals surface area contributed by atoms with Gasteiger partial charge in [-0.1, -0.05) is 29.8 Å². The van der Waals surface area contributed by atoms with Crippen molar-refractivity contribution in [3.63, 3.8) is 0 Å². The first-order valence-electron chi connectivity index (χ1n) is 6.90. The van der Waals surface area contributed by atoms with Crippen LogP contribution in [0.25, 0.3) is 10.9 Å². The van der Waals surface area contributed by atoms with Crippen LogP contribution >= 0.6 is 11.9 Å². The van der Waals surface area contributed by atoms with Crippen LogP contribution in [0.1, 0.15) is 16.7 Å². The smallest absolute Gasteiger partial charge is 0.0669 e. The number of aromatic nitrogens is 1. The van der Waals surface area contributed by atoms with E-state index in [2.05, 4.69) is 66.5 Å². The summed E-state index contributed by atoms with van der Waals surface area (Å²) in [5, 5.41) is 10.1. The minimum atomic E-state index is 0.454. The zero-order valence-corrected chi connectivity index (χ0v) is 12.9. The molecule has 0 bridgehead atoms. The van der Waals surface area contributed by atoms with Gasteiger partial charge < -0.3 is 0 Å². The number of benzene rings is 2. The van der Waals surface area contributed by atoms with Crippen LogP contribution in [0.15, 0.2) is 53.6 Å². The van der Waals surface area contributed by atoms with Gasteiger partial charge in [-0.05, 0) is 55.1 Å². The van der Waals surface area contributed by atoms with Crippen LogP contribution in [-0.2, 0) is 6.42 Å². The summed E-state index contributed by atoms with van der Waals surface area (Å²) in [6.07, 6.45) is 2.61. The van der Waals surface area contributed by atoms with Gasteiger partial charge in [0, 0.05) is 16.5 Å². The quantitative estimate of drug-likeness (QED) is 0.688. The van der Waals surface area contributed by atoms with Crippen molar-refractivity contribution in [3.05, 3.63) is 65.4 Å². The molecular weight excluding hydrogens is 276 g/mol. The molecule has 0 atom stereocenters. The highest BCUT2D eigenvalue weighted by molar-refractivity contribution is 7.98. The molecule has 0 unspecified atom stereocenters. The van der Waals surface area contributed by atoms with Crippen LogP contribution in [-0.4, -0.2) is 3.97 Å². The van der Waals surface area contributed by atoms with E-state index >= 15 is 0 Å². The van der Waals surface area contributed by atoms with Gasteiger partial charge >= 0.3 is 0 Å². The Balaban J connectivity index is 2.03. The fourth-order valence-corrected chi connectivity index (χ4v) is 3.34. The molecular formula is C18H16N2S. The lowest BCUT2D eigenvalue weighted by atomic mass is 10.1. The second-order valence-electron chi connectivity index (χ2n) is 5.23. The number of nitrogens with zero attached hydrogens (tertiary/aromatic N) is 2. The first-order chi connectivity index (χ1) is 10.2. The summed E-state index contributed by atoms with van der Waals surface area (Å²) in [4.78, 5) is 1.21. The molecule has 0 spiro atoms. The number of rotatable bonds is 3. The van der Waals surface area contributed by atoms with Crippen LogP contribution < -0.4 is 0 Å². The van der Waals surface area contributed by atoms with E-state index in [4.69, 9.17) is 5.26 Å². The van der Waals surface area contributed by atoms with Gasteiger partial charge in [0.25, 0.3) is 0 Å². The summed E-state index contributed by atoms with van der Waals surface area (Å²) in [5.74, 6) is 0. The average molecular weight is 292 g/mol. The molecule has 0 saturated carbocycles. The molecule has 0 saturated heterocycles. The highest BCUT2D eigenvalue weighted by atomic mass is 32.2. The van der Waals surface area contributed by atoms with Crippen molar-refractivity contribution in [2.45, 2.75) is 25.2 Å². The first kappa shape index (κ1) is 13.8. The van der Waals surface area contributed by atoms with Crippen molar-refractivity contribution >= 4 is 22.9 Å². The molecule has 2 aromatic carbocycles. The van der Waals surface area contributed by atoms with Crippen LogP contribution in [0.5, 0.6) is 0 Å². The Kier molecular flexibility index (Phi) is 3.72. The molecule has 0 amide bonds. The molecule has 0 N–H and O–H groups in total. The number of fused-ring (bicyclic) bond motifs is 1. The second kappa shape index (κ2) is 5.67. The van der Waals surface area contributed by atoms with Gasteiger partial charge in [0.2, 0.25) is 0 Å². The maximum absolute atomic E-state index is 8.87. The summed E-state index contributed by atoms with van der Waals surface area (Å²) in [6.45, 7) is 4.22. The lowest BCUT2D eigenvalue weighted by Gasteiger charge is -2.05. The van der Waals surface area contributed by atoms with Crippen molar-refractivity contribution in [3.8, 4) is 6.07 Å². The Morgan fingerprint density at radius 1 is 1.10 bits per heavy atom. The standard InChI is InChI=1S/C18H16N2S/c1-13-3-6-16(7-4-13)21-20-12-14(2)17-8-5-15(9-10-19)11-18(17)20/h3-8,11-12H,9H2,1-2H3. The lowest BCUT2D eigenvalue weighted by molar-refractivity contribution is 1.25. The third-order valence-electron chi connectivity index (χ3n) is 3.54. The van der Waals surface area contributed by atoms with E-state index in [1.165, 1.54) is 26.9 Å². The Bertz CT molecular complexity index is 823. The second-order valence-corrected chi connectivity index (χ2v) is 6.28. The average Bonchev–Trinajstić information content (AvgIpc) is 2.78. The summed E-state index contributed by atoms with van der Waals surface area (Å²) in [6, 6.07) is 17.0. The number of nitriles is 1. The van der Waals surface area contributed by atoms with E-state index in [1.54, 1.807) is 11.9 Å². The van der Waals surface area contributed by atoms with E-state index < -0.39 is 0 Å². The molecule has 1 aromatic heterocycles. The zero-order chi connectivity index (χ0) is 14.8. The van der Waals surface area contributed by atoms with E-state index in [-0.39, 0.29) is 0 Å². The molecule has 0 radical (unpaired) electrons. The first-order valence-corrected chi connectivity index (χ1v) is 7.67. The van der Waals surface area contributed by atoms with Gasteiger partial charge in [-0.3, -0.25) is 3.97 Å². The van der Waals surface area contributed by atoms with Crippen LogP contribution in [0.4, 0.5) is 0 Å². The van der Waals surface area contributed by atoms with E-state index in [0.29, 0.717) is 6.42 Å². The molecule has 3 aromatic rings. The maximum Gasteiger partial charge on any atom is 0.0669 e. The molecule has 2 nitrogen and oxygen atoms in total. The molecule has 104 valence electrons. The highest BCUT2D eigenvalue weighted by Crippen LogP contribution is 2.30. The monoisotopic (exact) mass is 292 g/mol. The fourth-order valence-electron chi connectivity index (χ4n) is 2.40. The molecule has 3 heteroatoms. The van der Waals surface area contributed by atoms with E-state index in [0.717, 1.165) is 5.56 Å². The molecule has 0 aliphatic carbocycles. The number of hydrogen-bond acceptors (Lipinski definition) is 2. The molecule has 0 fully saturated rings. The third kappa shape index (κ3) is 2.81. The van der Waals surface area contributed by atoms with Gasteiger partial charge in [0.15, 0.2) is 0 Å². The van der Waals surface area contributed by atoms with E-state index in [1.807, 2.05) is 6.07 Å². The van der Waals surface area contributed by atoms with Gasteiger partial charge in [-0.15, -0.1) is 0 Å². The molecule has 0 aliphatic heterocycles. The molecule has 21 heavy (non-hydrogen) atoms. The maximum atomic E-state index is 8.87. The van der Waals surface area contributed by atoms with Crippen LogP contribution in [0, 0.1) is 25.2 Å². The lowest BCUT2D eigenvalue weighted by Crippen LogP contribution is -1.87. The summed E-state index contributed by atoms with van der Waals surface area (Å²) in [5.41, 5.74) is 4.76. The molecule has 0 aliphatic rings. The van der Waals surface area contributed by atoms with Crippen molar-refractivity contribution in [1.82, 2.24) is 3.97 Å². The predicted octanol–water partition coefficient (Wildman–Crippen LogP) is 4.88. The largest absolute Gasteiger partial charge is 0.287 e. The van der Waals surface area contributed by atoms with Crippen molar-refractivity contribution in [2.75, 3.05) is 0 Å². The summed E-state index contributed by atoms with van der Waals surface area (Å²) < 4.78 is 2.19. The zero-order valence-electron chi connectivity index (χ0n) is 12.1. The minimum absolute atomic E-state index is 0.454. The topological polar surface area (TPSA) is 28.7 Å². The van der Waals surface area contributed by atoms with Crippen molar-refractivity contribution in [1.29, 1.82) is 5.26 Å². The van der Waals surface area contributed by atoms with Gasteiger partial charge in [0.1, 0.15) is 0 Å². The third-order valence-corrected chi connectivity index (χ3v) is 4.53. The van der Waals surface area contributed by atoms with Crippen molar-refractivity contribution in [2.24, 2.45) is 0 Å². The molecule has 1 heterocycles. The van der Waals surface area contributed by atoms with Crippen LogP contribution in [0.2, 0.25) is 0 Å². The Hall–Kier alpha value is -2.18. The SMILES string of the molecule is Cc1ccc(Sn2cc(C)c3ccc(CC#N)cc32)cc1. The van der Waals surface area contributed by atoms with Gasteiger partial charge in [-0.2, -0.15) is 5.26 Å². The Morgan fingerprint density at radius 3 is 2.57 bits per heavy atom. The van der Waals surface area contributed by atoms with Crippen LogP contribution in [0.3, 0.4) is 0 Å². The Labute approximate surface area is 129 Å². The Morgan fingerprint density at radius 2 is 1.86 bits per heavy atom. The summed E-state index contributed by atoms with van der Waals surface area (Å²) in [7, 11) is 0. The van der Waals surface area contributed by atoms with Gasteiger partial charge in [-0.25, -0.2) is 0 Å². The van der Waals surface area contributed by atoms with Gasteiger partial charge in [0.05, 0.1) is 18.0 Å². The normalized spacial score (nSPS) is 10.7.